The number of benzene rings is 2. The van der Waals surface area contributed by atoms with Gasteiger partial charge in [0.1, 0.15) is 5.82 Å². The summed E-state index contributed by atoms with van der Waals surface area (Å²) in [4.78, 5) is 0. The zero-order valence-electron chi connectivity index (χ0n) is 13.4. The zero-order valence-corrected chi connectivity index (χ0v) is 14.2. The molecular formula is C19H16ClN5. The number of hydrogen-bond acceptors (Lipinski definition) is 4. The fourth-order valence-electron chi connectivity index (χ4n) is 2.67. The summed E-state index contributed by atoms with van der Waals surface area (Å²) in [6.07, 6.45) is 0.931. The molecule has 2 heterocycles. The quantitative estimate of drug-likeness (QED) is 0.589. The molecule has 0 unspecified atom stereocenters. The van der Waals surface area contributed by atoms with Gasteiger partial charge in [0.25, 0.3) is 0 Å². The Kier molecular flexibility index (Phi) is 4.31. The molecular weight excluding hydrogens is 334 g/mol. The largest absolute Gasteiger partial charge is 0.368 e. The van der Waals surface area contributed by atoms with Crippen molar-refractivity contribution in [2.75, 3.05) is 11.9 Å². The average Bonchev–Trinajstić information content (AvgIpc) is 3.06. The van der Waals surface area contributed by atoms with Crippen molar-refractivity contribution >= 4 is 23.1 Å². The predicted octanol–water partition coefficient (Wildman–Crippen LogP) is 4.10. The van der Waals surface area contributed by atoms with Crippen LogP contribution in [-0.4, -0.2) is 26.4 Å². The summed E-state index contributed by atoms with van der Waals surface area (Å²) in [5.74, 6) is 1.41. The van der Waals surface area contributed by atoms with E-state index in [0.29, 0.717) is 16.5 Å². The monoisotopic (exact) mass is 349 g/mol. The van der Waals surface area contributed by atoms with Crippen LogP contribution < -0.4 is 5.32 Å². The number of nitrogens with zero attached hydrogens (tertiary/aromatic N) is 4. The summed E-state index contributed by atoms with van der Waals surface area (Å²) >= 11 is 6.28. The first kappa shape index (κ1) is 15.6. The van der Waals surface area contributed by atoms with Crippen LogP contribution in [0.25, 0.3) is 17.0 Å². The summed E-state index contributed by atoms with van der Waals surface area (Å²) in [7, 11) is 0. The Bertz CT molecular complexity index is 997. The van der Waals surface area contributed by atoms with Crippen LogP contribution in [0, 0.1) is 0 Å². The molecule has 0 atom stereocenters. The summed E-state index contributed by atoms with van der Waals surface area (Å²) in [5.41, 5.74) is 2.78. The Labute approximate surface area is 150 Å². The standard InChI is InChI=1S/C19H16ClN5/c20-16-9-5-4-8-15(16)19-23-22-18-11-10-17(24-25(18)19)21-13-12-14-6-2-1-3-7-14/h1-11H,12-13H2,(H,21,24). The minimum absolute atomic E-state index is 0.626. The Hall–Kier alpha value is -2.92. The fraction of sp³-hybridized carbons (Fsp3) is 0.105. The normalized spacial score (nSPS) is 10.9. The van der Waals surface area contributed by atoms with Crippen molar-refractivity contribution < 1.29 is 0 Å². The second kappa shape index (κ2) is 6.91. The van der Waals surface area contributed by atoms with E-state index in [9.17, 15) is 0 Å². The molecule has 4 aromatic rings. The molecule has 124 valence electrons. The Morgan fingerprint density at radius 2 is 1.68 bits per heavy atom. The van der Waals surface area contributed by atoms with Crippen molar-refractivity contribution in [1.82, 2.24) is 19.8 Å². The van der Waals surface area contributed by atoms with Crippen LogP contribution >= 0.6 is 11.6 Å². The third kappa shape index (κ3) is 3.32. The van der Waals surface area contributed by atoms with Crippen molar-refractivity contribution in [1.29, 1.82) is 0 Å². The minimum atomic E-state index is 0.626. The minimum Gasteiger partial charge on any atom is -0.368 e. The maximum Gasteiger partial charge on any atom is 0.186 e. The van der Waals surface area contributed by atoms with E-state index < -0.39 is 0 Å². The van der Waals surface area contributed by atoms with Gasteiger partial charge in [0.2, 0.25) is 0 Å². The van der Waals surface area contributed by atoms with Gasteiger partial charge in [0, 0.05) is 12.1 Å². The van der Waals surface area contributed by atoms with Gasteiger partial charge in [-0.15, -0.1) is 15.3 Å². The van der Waals surface area contributed by atoms with Gasteiger partial charge >= 0.3 is 0 Å². The lowest BCUT2D eigenvalue weighted by molar-refractivity contribution is 0.915. The molecule has 0 fully saturated rings. The zero-order chi connectivity index (χ0) is 17.1. The van der Waals surface area contributed by atoms with Crippen LogP contribution in [0.1, 0.15) is 5.56 Å². The fourth-order valence-corrected chi connectivity index (χ4v) is 2.89. The van der Waals surface area contributed by atoms with Crippen LogP contribution in [0.5, 0.6) is 0 Å². The molecule has 0 saturated carbocycles. The third-order valence-corrected chi connectivity index (χ3v) is 4.27. The van der Waals surface area contributed by atoms with Crippen LogP contribution in [0.3, 0.4) is 0 Å². The highest BCUT2D eigenvalue weighted by atomic mass is 35.5. The highest BCUT2D eigenvalue weighted by Gasteiger charge is 2.12. The van der Waals surface area contributed by atoms with E-state index in [1.807, 2.05) is 54.6 Å². The molecule has 0 radical (unpaired) electrons. The van der Waals surface area contributed by atoms with Gasteiger partial charge in [0.05, 0.1) is 5.02 Å². The number of nitrogens with one attached hydrogen (secondary N) is 1. The van der Waals surface area contributed by atoms with E-state index in [0.717, 1.165) is 24.3 Å². The van der Waals surface area contributed by atoms with Gasteiger partial charge in [-0.1, -0.05) is 54.1 Å². The lowest BCUT2D eigenvalue weighted by Crippen LogP contribution is -2.08. The van der Waals surface area contributed by atoms with Gasteiger partial charge < -0.3 is 5.32 Å². The molecule has 6 heteroatoms. The van der Waals surface area contributed by atoms with E-state index >= 15 is 0 Å². The molecule has 25 heavy (non-hydrogen) atoms. The van der Waals surface area contributed by atoms with E-state index in [-0.39, 0.29) is 0 Å². The van der Waals surface area contributed by atoms with Gasteiger partial charge in [-0.2, -0.15) is 4.52 Å². The van der Waals surface area contributed by atoms with Crippen LogP contribution in [0.15, 0.2) is 66.7 Å². The Morgan fingerprint density at radius 1 is 0.880 bits per heavy atom. The molecule has 0 aliphatic carbocycles. The molecule has 1 N–H and O–H groups in total. The van der Waals surface area contributed by atoms with E-state index in [1.54, 1.807) is 4.52 Å². The maximum absolute atomic E-state index is 6.28. The van der Waals surface area contributed by atoms with Crippen LogP contribution in [0.2, 0.25) is 5.02 Å². The summed E-state index contributed by atoms with van der Waals surface area (Å²) < 4.78 is 1.71. The van der Waals surface area contributed by atoms with E-state index in [1.165, 1.54) is 5.56 Å². The van der Waals surface area contributed by atoms with Gasteiger partial charge in [-0.25, -0.2) is 0 Å². The second-order valence-electron chi connectivity index (χ2n) is 5.65. The second-order valence-corrected chi connectivity index (χ2v) is 6.06. The van der Waals surface area contributed by atoms with E-state index in [2.05, 4.69) is 32.7 Å². The topological polar surface area (TPSA) is 55.1 Å². The third-order valence-electron chi connectivity index (χ3n) is 3.94. The molecule has 0 aliphatic rings. The first-order valence-electron chi connectivity index (χ1n) is 8.06. The summed E-state index contributed by atoms with van der Waals surface area (Å²) in [6.45, 7) is 0.798. The van der Waals surface area contributed by atoms with Crippen molar-refractivity contribution in [3.63, 3.8) is 0 Å². The molecule has 0 spiro atoms. The first-order valence-corrected chi connectivity index (χ1v) is 8.44. The van der Waals surface area contributed by atoms with Crippen LogP contribution in [0.4, 0.5) is 5.82 Å². The smallest absolute Gasteiger partial charge is 0.186 e. The highest BCUT2D eigenvalue weighted by molar-refractivity contribution is 6.33. The lowest BCUT2D eigenvalue weighted by Gasteiger charge is -2.07. The molecule has 5 nitrogen and oxygen atoms in total. The Morgan fingerprint density at radius 3 is 2.52 bits per heavy atom. The molecule has 2 aromatic carbocycles. The number of anilines is 1. The summed E-state index contributed by atoms with van der Waals surface area (Å²) in [5, 5.41) is 17.0. The first-order chi connectivity index (χ1) is 12.3. The SMILES string of the molecule is Clc1ccccc1-c1nnc2ccc(NCCc3ccccc3)nn12. The van der Waals surface area contributed by atoms with Crippen molar-refractivity contribution in [2.45, 2.75) is 6.42 Å². The number of aromatic nitrogens is 4. The molecule has 0 bridgehead atoms. The Balaban J connectivity index is 1.57. The number of halogens is 1. The molecule has 2 aromatic heterocycles. The maximum atomic E-state index is 6.28. The molecule has 0 amide bonds. The van der Waals surface area contributed by atoms with Crippen molar-refractivity contribution in [2.24, 2.45) is 0 Å². The van der Waals surface area contributed by atoms with Crippen LogP contribution in [-0.2, 0) is 6.42 Å². The number of fused-ring (bicyclic) bond motifs is 1. The van der Waals surface area contributed by atoms with Crippen molar-refractivity contribution in [3.05, 3.63) is 77.3 Å². The number of hydrogen-bond donors (Lipinski definition) is 1. The molecule has 0 aliphatic heterocycles. The summed E-state index contributed by atoms with van der Waals surface area (Å²) in [6, 6.07) is 21.7. The lowest BCUT2D eigenvalue weighted by atomic mass is 10.1. The van der Waals surface area contributed by atoms with E-state index in [4.69, 9.17) is 11.6 Å². The van der Waals surface area contributed by atoms with Gasteiger partial charge in [-0.05, 0) is 36.2 Å². The molecule has 4 rings (SSSR count). The predicted molar refractivity (Wildman–Crippen MR) is 99.9 cm³/mol. The average molecular weight is 350 g/mol. The van der Waals surface area contributed by atoms with Crippen molar-refractivity contribution in [3.8, 4) is 11.4 Å². The molecule has 0 saturated heterocycles. The number of rotatable bonds is 5. The van der Waals surface area contributed by atoms with Gasteiger partial charge in [-0.3, -0.25) is 0 Å². The van der Waals surface area contributed by atoms with Gasteiger partial charge in [0.15, 0.2) is 11.5 Å². The highest BCUT2D eigenvalue weighted by Crippen LogP contribution is 2.26.